The second-order valence-corrected chi connectivity index (χ2v) is 6.43. The smallest absolute Gasteiger partial charge is 0.236 e. The van der Waals surface area contributed by atoms with Crippen molar-refractivity contribution < 1.29 is 14.3 Å². The number of nitrogens with zero attached hydrogens (tertiary/aromatic N) is 3. The van der Waals surface area contributed by atoms with Crippen molar-refractivity contribution in [2.75, 3.05) is 40.3 Å². The van der Waals surface area contributed by atoms with E-state index in [2.05, 4.69) is 4.98 Å². The molecule has 2 fully saturated rings. The van der Waals surface area contributed by atoms with E-state index >= 15 is 0 Å². The first-order valence-corrected chi connectivity index (χ1v) is 7.69. The number of carbonyl (C=O) groups is 1. The lowest BCUT2D eigenvalue weighted by Gasteiger charge is -2.24. The van der Waals surface area contributed by atoms with E-state index in [0.29, 0.717) is 19.7 Å². The molecule has 3 heterocycles. The molecule has 2 aliphatic rings. The van der Waals surface area contributed by atoms with Crippen molar-refractivity contribution in [2.45, 2.75) is 24.5 Å². The second-order valence-electron chi connectivity index (χ2n) is 6.43. The van der Waals surface area contributed by atoms with Crippen molar-refractivity contribution in [2.24, 2.45) is 0 Å². The summed E-state index contributed by atoms with van der Waals surface area (Å²) in [5, 5.41) is 0. The minimum Gasteiger partial charge on any atom is -0.486 e. The molecule has 6 heteroatoms. The average molecular weight is 305 g/mol. The number of amides is 1. The zero-order chi connectivity index (χ0) is 15.6. The molecule has 0 aromatic carbocycles. The first-order valence-electron chi connectivity index (χ1n) is 7.69. The first kappa shape index (κ1) is 15.2. The van der Waals surface area contributed by atoms with Gasteiger partial charge in [-0.15, -0.1) is 0 Å². The largest absolute Gasteiger partial charge is 0.486 e. The lowest BCUT2D eigenvalue weighted by atomic mass is 9.98. The highest BCUT2D eigenvalue weighted by molar-refractivity contribution is 5.78. The summed E-state index contributed by atoms with van der Waals surface area (Å²) < 4.78 is 11.9. The lowest BCUT2D eigenvalue weighted by Crippen LogP contribution is -2.40. The number of hydrogen-bond donors (Lipinski definition) is 0. The van der Waals surface area contributed by atoms with Crippen LogP contribution >= 0.6 is 0 Å². The predicted molar refractivity (Wildman–Crippen MR) is 81.7 cm³/mol. The third-order valence-corrected chi connectivity index (χ3v) is 4.23. The molecule has 1 amide bonds. The molecule has 2 aliphatic heterocycles. The standard InChI is InChI=1S/C16H23N3O3/c1-18(2)10-15(20)19-7-5-16(12-19)8-14(11-21-16)22-13-4-3-6-17-9-13/h3-4,6,9,14H,5,7-8,10-12H2,1-2H3/t14-,16+/m1/s1. The van der Waals surface area contributed by atoms with E-state index in [9.17, 15) is 4.79 Å². The maximum absolute atomic E-state index is 12.2. The van der Waals surface area contributed by atoms with Gasteiger partial charge in [0.25, 0.3) is 0 Å². The highest BCUT2D eigenvalue weighted by Gasteiger charge is 2.47. The van der Waals surface area contributed by atoms with Crippen LogP contribution in [0.4, 0.5) is 0 Å². The molecule has 2 saturated heterocycles. The van der Waals surface area contributed by atoms with Gasteiger partial charge in [0.1, 0.15) is 11.9 Å². The van der Waals surface area contributed by atoms with Crippen LogP contribution in [0.1, 0.15) is 12.8 Å². The highest BCUT2D eigenvalue weighted by atomic mass is 16.6. The third kappa shape index (κ3) is 3.39. The van der Waals surface area contributed by atoms with E-state index in [0.717, 1.165) is 25.1 Å². The number of likely N-dealkylation sites (tertiary alicyclic amines) is 1. The van der Waals surface area contributed by atoms with Gasteiger partial charge in [0, 0.05) is 25.7 Å². The quantitative estimate of drug-likeness (QED) is 0.823. The molecule has 3 rings (SSSR count). The Balaban J connectivity index is 1.55. The minimum absolute atomic E-state index is 0.0353. The van der Waals surface area contributed by atoms with Gasteiger partial charge in [0.15, 0.2) is 0 Å². The molecular formula is C16H23N3O3. The summed E-state index contributed by atoms with van der Waals surface area (Å²) in [4.78, 5) is 20.0. The summed E-state index contributed by atoms with van der Waals surface area (Å²) in [7, 11) is 3.82. The van der Waals surface area contributed by atoms with E-state index in [1.807, 2.05) is 36.0 Å². The number of carbonyl (C=O) groups excluding carboxylic acids is 1. The molecular weight excluding hydrogens is 282 g/mol. The topological polar surface area (TPSA) is 54.9 Å². The molecule has 0 aliphatic carbocycles. The first-order chi connectivity index (χ1) is 10.6. The van der Waals surface area contributed by atoms with E-state index < -0.39 is 0 Å². The van der Waals surface area contributed by atoms with Gasteiger partial charge in [0.05, 0.1) is 24.9 Å². The Morgan fingerprint density at radius 3 is 3.18 bits per heavy atom. The Labute approximate surface area is 131 Å². The van der Waals surface area contributed by atoms with Gasteiger partial charge in [-0.1, -0.05) is 0 Å². The van der Waals surface area contributed by atoms with Gasteiger partial charge in [-0.3, -0.25) is 9.78 Å². The zero-order valence-electron chi connectivity index (χ0n) is 13.2. The molecule has 0 radical (unpaired) electrons. The van der Waals surface area contributed by atoms with Crippen LogP contribution in [-0.4, -0.2) is 72.7 Å². The van der Waals surface area contributed by atoms with E-state index in [-0.39, 0.29) is 17.6 Å². The van der Waals surface area contributed by atoms with Crippen molar-refractivity contribution in [3.63, 3.8) is 0 Å². The summed E-state index contributed by atoms with van der Waals surface area (Å²) >= 11 is 0. The number of pyridine rings is 1. The Bertz CT molecular complexity index is 523. The molecule has 6 nitrogen and oxygen atoms in total. The molecule has 2 atom stereocenters. The van der Waals surface area contributed by atoms with Crippen molar-refractivity contribution >= 4 is 5.91 Å². The molecule has 0 saturated carbocycles. The van der Waals surface area contributed by atoms with E-state index in [4.69, 9.17) is 9.47 Å². The SMILES string of the molecule is CN(C)CC(=O)N1CC[C@]2(C[C@@H](Oc3cccnc3)CO2)C1. The van der Waals surface area contributed by atoms with Crippen molar-refractivity contribution in [1.82, 2.24) is 14.8 Å². The summed E-state index contributed by atoms with van der Waals surface area (Å²) in [5.41, 5.74) is -0.227. The fraction of sp³-hybridized carbons (Fsp3) is 0.625. The van der Waals surface area contributed by atoms with Crippen LogP contribution in [0.25, 0.3) is 0 Å². The van der Waals surface area contributed by atoms with Crippen LogP contribution in [0, 0.1) is 0 Å². The Morgan fingerprint density at radius 2 is 2.45 bits per heavy atom. The monoisotopic (exact) mass is 305 g/mol. The van der Waals surface area contributed by atoms with Gasteiger partial charge in [-0.2, -0.15) is 0 Å². The van der Waals surface area contributed by atoms with Gasteiger partial charge < -0.3 is 19.3 Å². The normalized spacial score (nSPS) is 27.8. The maximum Gasteiger partial charge on any atom is 0.236 e. The van der Waals surface area contributed by atoms with Crippen LogP contribution < -0.4 is 4.74 Å². The number of hydrogen-bond acceptors (Lipinski definition) is 5. The molecule has 0 N–H and O–H groups in total. The Kier molecular flexibility index (Phi) is 4.31. The number of ether oxygens (including phenoxy) is 2. The van der Waals surface area contributed by atoms with E-state index in [1.54, 1.807) is 12.4 Å². The molecule has 1 spiro atoms. The van der Waals surface area contributed by atoms with Crippen LogP contribution in [0.3, 0.4) is 0 Å². The van der Waals surface area contributed by atoms with Crippen molar-refractivity contribution in [1.29, 1.82) is 0 Å². The highest BCUT2D eigenvalue weighted by Crippen LogP contribution is 2.36. The molecule has 0 unspecified atom stereocenters. The molecule has 0 bridgehead atoms. The molecule has 120 valence electrons. The number of rotatable bonds is 4. The molecule has 22 heavy (non-hydrogen) atoms. The fourth-order valence-electron chi connectivity index (χ4n) is 3.20. The minimum atomic E-state index is -0.227. The predicted octanol–water partition coefficient (Wildman–Crippen LogP) is 0.782. The summed E-state index contributed by atoms with van der Waals surface area (Å²) in [5.74, 6) is 0.939. The van der Waals surface area contributed by atoms with Gasteiger partial charge in [0.2, 0.25) is 5.91 Å². The van der Waals surface area contributed by atoms with Crippen molar-refractivity contribution in [3.8, 4) is 5.75 Å². The zero-order valence-corrected chi connectivity index (χ0v) is 13.2. The van der Waals surface area contributed by atoms with Crippen LogP contribution in [-0.2, 0) is 9.53 Å². The van der Waals surface area contributed by atoms with Gasteiger partial charge in [-0.25, -0.2) is 0 Å². The second kappa shape index (κ2) is 6.22. The summed E-state index contributed by atoms with van der Waals surface area (Å²) in [6.07, 6.45) is 5.19. The average Bonchev–Trinajstić information content (AvgIpc) is 3.07. The molecule has 1 aromatic rings. The van der Waals surface area contributed by atoms with Crippen LogP contribution in [0.5, 0.6) is 5.75 Å². The summed E-state index contributed by atoms with van der Waals surface area (Å²) in [6.45, 7) is 2.47. The number of aromatic nitrogens is 1. The molecule has 1 aromatic heterocycles. The van der Waals surface area contributed by atoms with E-state index in [1.165, 1.54) is 0 Å². The number of likely N-dealkylation sites (N-methyl/N-ethyl adjacent to an activating group) is 1. The third-order valence-electron chi connectivity index (χ3n) is 4.23. The van der Waals surface area contributed by atoms with Crippen LogP contribution in [0.15, 0.2) is 24.5 Å². The van der Waals surface area contributed by atoms with Crippen molar-refractivity contribution in [3.05, 3.63) is 24.5 Å². The van der Waals surface area contributed by atoms with Gasteiger partial charge in [-0.05, 0) is 32.6 Å². The van der Waals surface area contributed by atoms with Gasteiger partial charge >= 0.3 is 0 Å². The Morgan fingerprint density at radius 1 is 1.59 bits per heavy atom. The maximum atomic E-state index is 12.2. The lowest BCUT2D eigenvalue weighted by molar-refractivity contribution is -0.131. The fourth-order valence-corrected chi connectivity index (χ4v) is 3.20. The Hall–Kier alpha value is -1.66. The van der Waals surface area contributed by atoms with Crippen LogP contribution in [0.2, 0.25) is 0 Å². The summed E-state index contributed by atoms with van der Waals surface area (Å²) in [6, 6.07) is 3.76.